The highest BCUT2D eigenvalue weighted by Crippen LogP contribution is 2.36. The van der Waals surface area contributed by atoms with E-state index in [0.717, 1.165) is 11.3 Å². The Hall–Kier alpha value is -2.07. The molecule has 2 aromatic rings. The van der Waals surface area contributed by atoms with Crippen molar-refractivity contribution in [3.05, 3.63) is 59.4 Å². The maximum atomic E-state index is 14.1. The molecule has 0 spiro atoms. The second-order valence-electron chi connectivity index (χ2n) is 5.16. The zero-order chi connectivity index (χ0) is 14.8. The maximum absolute atomic E-state index is 14.1. The molecule has 1 aliphatic rings. The summed E-state index contributed by atoms with van der Waals surface area (Å²) in [6, 6.07) is 12.6. The first kappa shape index (κ1) is 13.9. The summed E-state index contributed by atoms with van der Waals surface area (Å²) in [5.41, 5.74) is 1.43. The summed E-state index contributed by atoms with van der Waals surface area (Å²) in [6.07, 6.45) is -0.471. The lowest BCUT2D eigenvalue weighted by molar-refractivity contribution is 0.128. The van der Waals surface area contributed by atoms with Gasteiger partial charge < -0.3 is 14.6 Å². The number of hydrogen-bond donors (Lipinski definition) is 1. The summed E-state index contributed by atoms with van der Waals surface area (Å²) < 4.78 is 24.7. The molecule has 4 heteroatoms. The van der Waals surface area contributed by atoms with Crippen molar-refractivity contribution in [1.82, 2.24) is 0 Å². The molecule has 2 aromatic carbocycles. The number of aliphatic hydroxyl groups is 1. The Kier molecular flexibility index (Phi) is 3.80. The molecule has 0 amide bonds. The van der Waals surface area contributed by atoms with Gasteiger partial charge in [-0.3, -0.25) is 0 Å². The molecule has 1 heterocycles. The molecule has 0 saturated heterocycles. The Morgan fingerprint density at radius 3 is 2.90 bits per heavy atom. The van der Waals surface area contributed by atoms with E-state index in [-0.39, 0.29) is 18.1 Å². The minimum atomic E-state index is -0.699. The second kappa shape index (κ2) is 5.74. The number of rotatable bonds is 4. The maximum Gasteiger partial charge on any atom is 0.168 e. The molecule has 0 aliphatic carbocycles. The first-order valence-electron chi connectivity index (χ1n) is 6.92. The van der Waals surface area contributed by atoms with E-state index in [9.17, 15) is 9.50 Å². The van der Waals surface area contributed by atoms with Gasteiger partial charge in [-0.05, 0) is 17.7 Å². The van der Waals surface area contributed by atoms with Gasteiger partial charge in [0.15, 0.2) is 11.6 Å². The number of hydrogen-bond acceptors (Lipinski definition) is 3. The van der Waals surface area contributed by atoms with Crippen molar-refractivity contribution in [1.29, 1.82) is 0 Å². The fraction of sp³-hybridized carbons (Fsp3) is 0.294. The van der Waals surface area contributed by atoms with E-state index in [1.165, 1.54) is 7.11 Å². The van der Waals surface area contributed by atoms with Gasteiger partial charge in [0.2, 0.25) is 0 Å². The number of aliphatic hydroxyl groups excluding tert-OH is 1. The molecule has 0 fully saturated rings. The summed E-state index contributed by atoms with van der Waals surface area (Å²) in [4.78, 5) is 0. The van der Waals surface area contributed by atoms with Gasteiger partial charge in [-0.2, -0.15) is 0 Å². The highest BCUT2D eigenvalue weighted by atomic mass is 19.1. The topological polar surface area (TPSA) is 38.7 Å². The van der Waals surface area contributed by atoms with Gasteiger partial charge in [-0.1, -0.05) is 30.3 Å². The van der Waals surface area contributed by atoms with Crippen LogP contribution in [0.15, 0.2) is 42.5 Å². The molecule has 0 bridgehead atoms. The molecule has 3 rings (SSSR count). The minimum absolute atomic E-state index is 0.133. The fourth-order valence-corrected chi connectivity index (χ4v) is 2.75. The predicted octanol–water partition coefficient (Wildman–Crippen LogP) is 2.91. The van der Waals surface area contributed by atoms with Crippen LogP contribution in [0.2, 0.25) is 0 Å². The van der Waals surface area contributed by atoms with Gasteiger partial charge >= 0.3 is 0 Å². The summed E-state index contributed by atoms with van der Waals surface area (Å²) in [6.45, 7) is 0.423. The Balaban J connectivity index is 1.80. The van der Waals surface area contributed by atoms with Crippen molar-refractivity contribution in [3.63, 3.8) is 0 Å². The molecule has 21 heavy (non-hydrogen) atoms. The largest absolute Gasteiger partial charge is 0.494 e. The van der Waals surface area contributed by atoms with Crippen LogP contribution in [0.5, 0.6) is 11.5 Å². The van der Waals surface area contributed by atoms with Crippen LogP contribution in [-0.4, -0.2) is 24.9 Å². The van der Waals surface area contributed by atoms with Crippen molar-refractivity contribution in [2.75, 3.05) is 13.7 Å². The van der Waals surface area contributed by atoms with Crippen molar-refractivity contribution >= 4 is 0 Å². The van der Waals surface area contributed by atoms with Crippen molar-refractivity contribution in [2.24, 2.45) is 0 Å². The first-order chi connectivity index (χ1) is 10.2. The van der Waals surface area contributed by atoms with Gasteiger partial charge in [0.1, 0.15) is 5.75 Å². The fourth-order valence-electron chi connectivity index (χ4n) is 2.75. The number of halogens is 1. The Morgan fingerprint density at radius 1 is 1.29 bits per heavy atom. The lowest BCUT2D eigenvalue weighted by Crippen LogP contribution is -2.22. The molecular weight excluding hydrogens is 271 g/mol. The van der Waals surface area contributed by atoms with Crippen LogP contribution in [0, 0.1) is 5.82 Å². The molecule has 110 valence electrons. The van der Waals surface area contributed by atoms with Gasteiger partial charge in [0.25, 0.3) is 0 Å². The normalized spacial score (nSPS) is 18.0. The van der Waals surface area contributed by atoms with E-state index in [4.69, 9.17) is 9.47 Å². The quantitative estimate of drug-likeness (QED) is 0.940. The van der Waals surface area contributed by atoms with Crippen LogP contribution in [0.1, 0.15) is 17.0 Å². The molecular formula is C17H17FO3. The lowest BCUT2D eigenvalue weighted by Gasteiger charge is -2.18. The monoisotopic (exact) mass is 288 g/mol. The Morgan fingerprint density at radius 2 is 2.10 bits per heavy atom. The van der Waals surface area contributed by atoms with Crippen LogP contribution in [0.25, 0.3) is 0 Å². The highest BCUT2D eigenvalue weighted by Gasteiger charge is 2.30. The Labute approximate surface area is 122 Å². The average Bonchev–Trinajstić information content (AvgIpc) is 2.93. The van der Waals surface area contributed by atoms with E-state index in [1.54, 1.807) is 18.2 Å². The lowest BCUT2D eigenvalue weighted by atomic mass is 9.91. The highest BCUT2D eigenvalue weighted by molar-refractivity contribution is 5.41. The minimum Gasteiger partial charge on any atom is -0.494 e. The van der Waals surface area contributed by atoms with Crippen molar-refractivity contribution in [2.45, 2.75) is 18.4 Å². The van der Waals surface area contributed by atoms with E-state index >= 15 is 0 Å². The first-order valence-corrected chi connectivity index (χ1v) is 6.92. The van der Waals surface area contributed by atoms with Gasteiger partial charge in [0, 0.05) is 17.9 Å². The third-order valence-electron chi connectivity index (χ3n) is 3.89. The predicted molar refractivity (Wildman–Crippen MR) is 77.3 cm³/mol. The van der Waals surface area contributed by atoms with Gasteiger partial charge in [-0.15, -0.1) is 0 Å². The molecule has 2 unspecified atom stereocenters. The SMILES string of the molecule is COc1cccc(CC(O)C2COc3ccccc32)c1F. The number of benzene rings is 2. The van der Waals surface area contributed by atoms with Crippen LogP contribution in [0.3, 0.4) is 0 Å². The van der Waals surface area contributed by atoms with Crippen molar-refractivity contribution in [3.8, 4) is 11.5 Å². The number of fused-ring (bicyclic) bond motifs is 1. The molecule has 1 N–H and O–H groups in total. The number of ether oxygens (including phenoxy) is 2. The molecule has 1 aliphatic heterocycles. The third kappa shape index (κ3) is 2.59. The van der Waals surface area contributed by atoms with Crippen molar-refractivity contribution < 1.29 is 19.0 Å². The van der Waals surface area contributed by atoms with E-state index in [2.05, 4.69) is 0 Å². The molecule has 0 radical (unpaired) electrons. The summed E-state index contributed by atoms with van der Waals surface area (Å²) in [5, 5.41) is 10.4. The van der Waals surface area contributed by atoms with Crippen LogP contribution >= 0.6 is 0 Å². The smallest absolute Gasteiger partial charge is 0.168 e. The molecule has 0 aromatic heterocycles. The number of methoxy groups -OCH3 is 1. The zero-order valence-corrected chi connectivity index (χ0v) is 11.8. The third-order valence-corrected chi connectivity index (χ3v) is 3.89. The van der Waals surface area contributed by atoms with Crippen LogP contribution in [-0.2, 0) is 6.42 Å². The van der Waals surface area contributed by atoms with E-state index in [0.29, 0.717) is 12.2 Å². The second-order valence-corrected chi connectivity index (χ2v) is 5.16. The summed E-state index contributed by atoms with van der Waals surface area (Å²) >= 11 is 0. The molecule has 2 atom stereocenters. The van der Waals surface area contributed by atoms with Gasteiger partial charge in [0.05, 0.1) is 19.8 Å². The zero-order valence-electron chi connectivity index (χ0n) is 11.8. The standard InChI is InChI=1S/C17H17FO3/c1-20-16-8-4-5-11(17(16)18)9-14(19)13-10-21-15-7-3-2-6-12(13)15/h2-8,13-14,19H,9-10H2,1H3. The van der Waals surface area contributed by atoms with Crippen LogP contribution < -0.4 is 9.47 Å². The van der Waals surface area contributed by atoms with Crippen LogP contribution in [0.4, 0.5) is 4.39 Å². The number of para-hydroxylation sites is 1. The van der Waals surface area contributed by atoms with Gasteiger partial charge in [-0.25, -0.2) is 4.39 Å². The van der Waals surface area contributed by atoms with E-state index in [1.807, 2.05) is 24.3 Å². The average molecular weight is 288 g/mol. The van der Waals surface area contributed by atoms with E-state index < -0.39 is 11.9 Å². The summed E-state index contributed by atoms with van der Waals surface area (Å²) in [5.74, 6) is 0.452. The molecule has 0 saturated carbocycles. The Bertz CT molecular complexity index is 642. The summed E-state index contributed by atoms with van der Waals surface area (Å²) in [7, 11) is 1.43. The molecule has 3 nitrogen and oxygen atoms in total.